The van der Waals surface area contributed by atoms with Crippen molar-refractivity contribution in [2.45, 2.75) is 39.2 Å². The number of hydrogen-bond acceptors (Lipinski definition) is 3. The molecule has 0 radical (unpaired) electrons. The van der Waals surface area contributed by atoms with Crippen LogP contribution in [0.1, 0.15) is 33.6 Å². The van der Waals surface area contributed by atoms with Gasteiger partial charge in [0, 0.05) is 12.3 Å². The lowest BCUT2D eigenvalue weighted by atomic mass is 9.97. The molecule has 1 aliphatic heterocycles. The Morgan fingerprint density at radius 2 is 2.13 bits per heavy atom. The van der Waals surface area contributed by atoms with E-state index in [1.54, 1.807) is 13.8 Å². The Hall–Kier alpha value is -1.39. The Bertz CT molecular complexity index is 325. The third kappa shape index (κ3) is 1.62. The fraction of sp³-hybridized carbons (Fsp3) is 0.700. The largest absolute Gasteiger partial charge is 0.479 e. The maximum atomic E-state index is 11.7. The van der Waals surface area contributed by atoms with Crippen molar-refractivity contribution in [3.05, 3.63) is 0 Å². The van der Waals surface area contributed by atoms with Crippen LogP contribution >= 0.6 is 0 Å². The van der Waals surface area contributed by atoms with Gasteiger partial charge >= 0.3 is 5.97 Å². The molecule has 1 N–H and O–H groups in total. The van der Waals surface area contributed by atoms with Gasteiger partial charge in [0.2, 0.25) is 11.8 Å². The molecule has 84 valence electrons. The molecule has 0 bridgehead atoms. The van der Waals surface area contributed by atoms with E-state index in [0.717, 1.165) is 4.90 Å². The highest BCUT2D eigenvalue weighted by molar-refractivity contribution is 6.07. The second kappa shape index (κ2) is 3.64. The van der Waals surface area contributed by atoms with Gasteiger partial charge in [-0.05, 0) is 13.3 Å². The van der Waals surface area contributed by atoms with Gasteiger partial charge in [-0.3, -0.25) is 14.5 Å². The van der Waals surface area contributed by atoms with Crippen LogP contribution in [0.3, 0.4) is 0 Å². The first-order valence-corrected chi connectivity index (χ1v) is 4.95. The zero-order chi connectivity index (χ0) is 11.8. The van der Waals surface area contributed by atoms with E-state index in [0.29, 0.717) is 0 Å². The molecule has 0 saturated carbocycles. The third-order valence-corrected chi connectivity index (χ3v) is 3.01. The number of likely N-dealkylation sites (tertiary alicyclic amines) is 1. The maximum Gasteiger partial charge on any atom is 0.329 e. The van der Waals surface area contributed by atoms with Gasteiger partial charge in [-0.25, -0.2) is 4.79 Å². The zero-order valence-corrected chi connectivity index (χ0v) is 9.11. The minimum atomic E-state index is -1.40. The van der Waals surface area contributed by atoms with Crippen LogP contribution in [-0.4, -0.2) is 33.3 Å². The Balaban J connectivity index is 3.10. The predicted octanol–water partition coefficient (Wildman–Crippen LogP) is 0.635. The lowest BCUT2D eigenvalue weighted by Gasteiger charge is -2.32. The number of nitrogens with zero attached hydrogens (tertiary/aromatic N) is 1. The van der Waals surface area contributed by atoms with Crippen molar-refractivity contribution < 1.29 is 19.5 Å². The molecule has 1 heterocycles. The standard InChI is InChI=1S/C10H15NO4/c1-4-10(3,9(14)15)11-7(12)5-6(2)8(11)13/h6H,4-5H2,1-3H3,(H,14,15). The first-order valence-electron chi connectivity index (χ1n) is 4.95. The summed E-state index contributed by atoms with van der Waals surface area (Å²) in [5, 5.41) is 9.07. The molecule has 0 aliphatic carbocycles. The third-order valence-electron chi connectivity index (χ3n) is 3.01. The second-order valence-electron chi connectivity index (χ2n) is 4.11. The van der Waals surface area contributed by atoms with E-state index in [-0.39, 0.29) is 24.7 Å². The summed E-state index contributed by atoms with van der Waals surface area (Å²) in [5.41, 5.74) is -1.40. The first kappa shape index (κ1) is 11.7. The number of carbonyl (C=O) groups excluding carboxylic acids is 2. The molecule has 1 saturated heterocycles. The topological polar surface area (TPSA) is 74.7 Å². The smallest absolute Gasteiger partial charge is 0.329 e. The predicted molar refractivity (Wildman–Crippen MR) is 52.0 cm³/mol. The quantitative estimate of drug-likeness (QED) is 0.698. The highest BCUT2D eigenvalue weighted by Gasteiger charge is 2.49. The van der Waals surface area contributed by atoms with Crippen molar-refractivity contribution in [3.63, 3.8) is 0 Å². The lowest BCUT2D eigenvalue weighted by molar-refractivity contribution is -0.162. The van der Waals surface area contributed by atoms with Crippen LogP contribution in [0.15, 0.2) is 0 Å². The van der Waals surface area contributed by atoms with E-state index in [1.165, 1.54) is 6.92 Å². The van der Waals surface area contributed by atoms with E-state index >= 15 is 0 Å². The van der Waals surface area contributed by atoms with E-state index in [9.17, 15) is 14.4 Å². The average molecular weight is 213 g/mol. The van der Waals surface area contributed by atoms with Gasteiger partial charge in [0.05, 0.1) is 0 Å². The molecule has 2 unspecified atom stereocenters. The van der Waals surface area contributed by atoms with Gasteiger partial charge in [0.1, 0.15) is 5.54 Å². The number of rotatable bonds is 3. The van der Waals surface area contributed by atoms with Gasteiger partial charge in [0.25, 0.3) is 0 Å². The average Bonchev–Trinajstić information content (AvgIpc) is 2.40. The van der Waals surface area contributed by atoms with Gasteiger partial charge in [-0.1, -0.05) is 13.8 Å². The molecule has 5 heteroatoms. The minimum Gasteiger partial charge on any atom is -0.479 e. The molecule has 5 nitrogen and oxygen atoms in total. The van der Waals surface area contributed by atoms with Crippen molar-refractivity contribution >= 4 is 17.8 Å². The van der Waals surface area contributed by atoms with E-state index in [2.05, 4.69) is 0 Å². The highest BCUT2D eigenvalue weighted by atomic mass is 16.4. The van der Waals surface area contributed by atoms with E-state index in [1.807, 2.05) is 0 Å². The van der Waals surface area contributed by atoms with Crippen molar-refractivity contribution in [2.24, 2.45) is 5.92 Å². The van der Waals surface area contributed by atoms with Gasteiger partial charge in [-0.2, -0.15) is 0 Å². The second-order valence-corrected chi connectivity index (χ2v) is 4.11. The van der Waals surface area contributed by atoms with Crippen LogP contribution in [0, 0.1) is 5.92 Å². The Morgan fingerprint density at radius 1 is 1.60 bits per heavy atom. The summed E-state index contributed by atoms with van der Waals surface area (Å²) in [5.74, 6) is -2.31. The lowest BCUT2D eigenvalue weighted by Crippen LogP contribution is -2.54. The van der Waals surface area contributed by atoms with Crippen LogP contribution in [0.2, 0.25) is 0 Å². The SMILES string of the molecule is CCC(C)(C(=O)O)N1C(=O)CC(C)C1=O. The molecular formula is C10H15NO4. The van der Waals surface area contributed by atoms with E-state index < -0.39 is 17.4 Å². The summed E-state index contributed by atoms with van der Waals surface area (Å²) in [6.07, 6.45) is 0.328. The number of amides is 2. The van der Waals surface area contributed by atoms with Gasteiger partial charge in [0.15, 0.2) is 0 Å². The fourth-order valence-corrected chi connectivity index (χ4v) is 1.71. The normalized spacial score (nSPS) is 25.5. The molecule has 1 rings (SSSR count). The van der Waals surface area contributed by atoms with Gasteiger partial charge < -0.3 is 5.11 Å². The molecule has 2 amide bonds. The van der Waals surface area contributed by atoms with E-state index in [4.69, 9.17) is 5.11 Å². The summed E-state index contributed by atoms with van der Waals surface area (Å²) in [6, 6.07) is 0. The summed E-state index contributed by atoms with van der Waals surface area (Å²) >= 11 is 0. The van der Waals surface area contributed by atoms with Gasteiger partial charge in [-0.15, -0.1) is 0 Å². The maximum absolute atomic E-state index is 11.7. The zero-order valence-electron chi connectivity index (χ0n) is 9.11. The molecule has 0 spiro atoms. The molecular weight excluding hydrogens is 198 g/mol. The molecule has 0 aromatic carbocycles. The molecule has 0 aromatic heterocycles. The number of aliphatic carboxylic acids is 1. The van der Waals surface area contributed by atoms with Crippen LogP contribution in [-0.2, 0) is 14.4 Å². The molecule has 2 atom stereocenters. The summed E-state index contributed by atoms with van der Waals surface area (Å²) in [4.78, 5) is 35.2. The molecule has 1 fully saturated rings. The van der Waals surface area contributed by atoms with Crippen molar-refractivity contribution in [1.82, 2.24) is 4.90 Å². The van der Waals surface area contributed by atoms with Crippen molar-refractivity contribution in [2.75, 3.05) is 0 Å². The molecule has 0 aromatic rings. The molecule has 1 aliphatic rings. The number of imide groups is 1. The summed E-state index contributed by atoms with van der Waals surface area (Å²) < 4.78 is 0. The summed E-state index contributed by atoms with van der Waals surface area (Å²) in [6.45, 7) is 4.69. The number of hydrogen-bond donors (Lipinski definition) is 1. The Morgan fingerprint density at radius 3 is 2.40 bits per heavy atom. The number of carbonyl (C=O) groups is 3. The summed E-state index contributed by atoms with van der Waals surface area (Å²) in [7, 11) is 0. The number of carboxylic acid groups (broad SMARTS) is 1. The van der Waals surface area contributed by atoms with Crippen LogP contribution in [0.25, 0.3) is 0 Å². The fourth-order valence-electron chi connectivity index (χ4n) is 1.71. The number of carboxylic acids is 1. The Kier molecular flexibility index (Phi) is 2.83. The van der Waals surface area contributed by atoms with Crippen LogP contribution in [0.5, 0.6) is 0 Å². The minimum absolute atomic E-state index is 0.113. The first-order chi connectivity index (χ1) is 6.84. The Labute approximate surface area is 88.1 Å². The monoisotopic (exact) mass is 213 g/mol. The van der Waals surface area contributed by atoms with Crippen LogP contribution in [0.4, 0.5) is 0 Å². The van der Waals surface area contributed by atoms with Crippen molar-refractivity contribution in [1.29, 1.82) is 0 Å². The van der Waals surface area contributed by atoms with Crippen molar-refractivity contribution in [3.8, 4) is 0 Å². The van der Waals surface area contributed by atoms with Crippen LogP contribution < -0.4 is 0 Å². The highest BCUT2D eigenvalue weighted by Crippen LogP contribution is 2.29. The molecule has 15 heavy (non-hydrogen) atoms.